The Bertz CT molecular complexity index is 1910. The highest BCUT2D eigenvalue weighted by atomic mass is 32.1. The van der Waals surface area contributed by atoms with Crippen molar-refractivity contribution in [3.05, 3.63) is 112 Å². The Morgan fingerprint density at radius 2 is 1.80 bits per heavy atom. The van der Waals surface area contributed by atoms with E-state index in [9.17, 15) is 14.4 Å². The van der Waals surface area contributed by atoms with E-state index in [1.807, 2.05) is 47.8 Å². The van der Waals surface area contributed by atoms with Gasteiger partial charge in [0.2, 0.25) is 11.8 Å². The molecule has 4 aromatic heterocycles. The minimum absolute atomic E-state index is 0.146. The number of rotatable bonds is 8. The topological polar surface area (TPSA) is 149 Å². The average molecular weight is 562 g/mol. The molecule has 0 atom stereocenters. The summed E-state index contributed by atoms with van der Waals surface area (Å²) >= 11 is 1.43. The summed E-state index contributed by atoms with van der Waals surface area (Å²) in [5.74, 6) is -0.746. The number of thiazole rings is 1. The Morgan fingerprint density at radius 3 is 2.56 bits per heavy atom. The van der Waals surface area contributed by atoms with Gasteiger partial charge in [-0.25, -0.2) is 9.97 Å². The molecule has 10 nitrogen and oxygen atoms in total. The number of hydrogen-bond donors (Lipinski definition) is 3. The van der Waals surface area contributed by atoms with Crippen LogP contribution in [0.4, 0.5) is 0 Å². The molecule has 11 heteroatoms. The molecule has 0 saturated heterocycles. The molecular formula is C30H23N7O3S. The molecule has 2 aromatic carbocycles. The molecule has 0 aliphatic carbocycles. The number of fused-ring (bicyclic) bond motifs is 1. The van der Waals surface area contributed by atoms with Gasteiger partial charge in [-0.05, 0) is 24.3 Å². The van der Waals surface area contributed by atoms with Gasteiger partial charge >= 0.3 is 0 Å². The Kier molecular flexibility index (Phi) is 6.92. The number of hydrogen-bond acceptors (Lipinski definition) is 7. The first kappa shape index (κ1) is 25.8. The SMILES string of the molecule is NC(=O)c1ccc(-c2nccs2)cc1-c1cnc(-c2ccccc2)n(CC(=O)NCc2cc3cnccc3[nH]2)c1=O. The van der Waals surface area contributed by atoms with Crippen molar-refractivity contribution in [1.29, 1.82) is 0 Å². The summed E-state index contributed by atoms with van der Waals surface area (Å²) in [5, 5.41) is 6.37. The zero-order valence-corrected chi connectivity index (χ0v) is 22.4. The van der Waals surface area contributed by atoms with Crippen molar-refractivity contribution in [2.45, 2.75) is 13.1 Å². The van der Waals surface area contributed by atoms with Crippen LogP contribution in [0.2, 0.25) is 0 Å². The fourth-order valence-electron chi connectivity index (χ4n) is 4.64. The lowest BCUT2D eigenvalue weighted by molar-refractivity contribution is -0.121. The smallest absolute Gasteiger partial charge is 0.262 e. The number of aromatic nitrogens is 5. The van der Waals surface area contributed by atoms with E-state index in [0.717, 1.165) is 27.2 Å². The number of nitrogens with two attached hydrogens (primary N) is 1. The van der Waals surface area contributed by atoms with Crippen molar-refractivity contribution in [3.63, 3.8) is 0 Å². The highest BCUT2D eigenvalue weighted by Gasteiger charge is 2.20. The number of pyridine rings is 1. The normalized spacial score (nSPS) is 11.0. The third-order valence-corrected chi connectivity index (χ3v) is 7.41. The predicted molar refractivity (Wildman–Crippen MR) is 157 cm³/mol. The molecule has 4 N–H and O–H groups in total. The number of nitrogens with one attached hydrogen (secondary N) is 2. The molecule has 6 aromatic rings. The second-order valence-corrected chi connectivity index (χ2v) is 10.1. The Balaban J connectivity index is 1.39. The zero-order valence-electron chi connectivity index (χ0n) is 21.6. The molecule has 41 heavy (non-hydrogen) atoms. The van der Waals surface area contributed by atoms with Crippen molar-refractivity contribution in [2.75, 3.05) is 0 Å². The van der Waals surface area contributed by atoms with Gasteiger partial charge in [-0.15, -0.1) is 11.3 Å². The van der Waals surface area contributed by atoms with E-state index < -0.39 is 11.5 Å². The van der Waals surface area contributed by atoms with Crippen LogP contribution in [-0.2, 0) is 17.9 Å². The summed E-state index contributed by atoms with van der Waals surface area (Å²) in [5.41, 5.74) is 8.94. The van der Waals surface area contributed by atoms with Gasteiger partial charge in [-0.3, -0.25) is 23.9 Å². The van der Waals surface area contributed by atoms with Crippen LogP contribution >= 0.6 is 11.3 Å². The number of benzene rings is 2. The largest absolute Gasteiger partial charge is 0.366 e. The summed E-state index contributed by atoms with van der Waals surface area (Å²) in [4.78, 5) is 55.8. The van der Waals surface area contributed by atoms with Gasteiger partial charge in [0.25, 0.3) is 5.56 Å². The lowest BCUT2D eigenvalue weighted by Gasteiger charge is -2.15. The van der Waals surface area contributed by atoms with Crippen LogP contribution in [-0.4, -0.2) is 36.3 Å². The van der Waals surface area contributed by atoms with E-state index in [-0.39, 0.29) is 30.1 Å². The lowest BCUT2D eigenvalue weighted by Crippen LogP contribution is -2.34. The van der Waals surface area contributed by atoms with Gasteiger partial charge in [-0.1, -0.05) is 36.4 Å². The van der Waals surface area contributed by atoms with Crippen LogP contribution < -0.4 is 16.6 Å². The molecule has 0 saturated carbocycles. The first-order chi connectivity index (χ1) is 20.0. The molecule has 0 spiro atoms. The summed E-state index contributed by atoms with van der Waals surface area (Å²) in [6.45, 7) is -0.0541. The first-order valence-electron chi connectivity index (χ1n) is 12.7. The molecular weight excluding hydrogens is 538 g/mol. The number of H-pyrrole nitrogens is 1. The molecule has 202 valence electrons. The van der Waals surface area contributed by atoms with Crippen LogP contribution in [0.1, 0.15) is 16.1 Å². The Labute approximate surface area is 237 Å². The number of nitrogens with zero attached hydrogens (tertiary/aromatic N) is 4. The molecule has 6 rings (SSSR count). The minimum atomic E-state index is -0.685. The van der Waals surface area contributed by atoms with Crippen LogP contribution in [0.3, 0.4) is 0 Å². The summed E-state index contributed by atoms with van der Waals surface area (Å²) in [7, 11) is 0. The van der Waals surface area contributed by atoms with Crippen LogP contribution in [0.5, 0.6) is 0 Å². The van der Waals surface area contributed by atoms with Crippen molar-refractivity contribution >= 4 is 34.1 Å². The predicted octanol–water partition coefficient (Wildman–Crippen LogP) is 3.99. The molecule has 0 bridgehead atoms. The number of amides is 2. The first-order valence-corrected chi connectivity index (χ1v) is 13.5. The van der Waals surface area contributed by atoms with Crippen molar-refractivity contribution in [1.82, 2.24) is 29.8 Å². The summed E-state index contributed by atoms with van der Waals surface area (Å²) in [6.07, 6.45) is 6.53. The number of primary amides is 1. The Hall–Kier alpha value is -5.42. The van der Waals surface area contributed by atoms with Crippen molar-refractivity contribution in [2.24, 2.45) is 5.73 Å². The van der Waals surface area contributed by atoms with Crippen LogP contribution in [0.25, 0.3) is 44.0 Å². The average Bonchev–Trinajstić information content (AvgIpc) is 3.68. The Morgan fingerprint density at radius 1 is 0.951 bits per heavy atom. The van der Waals surface area contributed by atoms with Crippen LogP contribution in [0.15, 0.2) is 95.6 Å². The maximum atomic E-state index is 14.0. The maximum absolute atomic E-state index is 14.0. The molecule has 0 aliphatic rings. The number of carbonyl (C=O) groups excluding carboxylic acids is 2. The third-order valence-electron chi connectivity index (χ3n) is 6.59. The molecule has 0 unspecified atom stereocenters. The number of carbonyl (C=O) groups is 2. The highest BCUT2D eigenvalue weighted by molar-refractivity contribution is 7.13. The van der Waals surface area contributed by atoms with E-state index in [1.165, 1.54) is 22.1 Å². The minimum Gasteiger partial charge on any atom is -0.366 e. The lowest BCUT2D eigenvalue weighted by atomic mass is 9.98. The van der Waals surface area contributed by atoms with Crippen molar-refractivity contribution < 1.29 is 9.59 Å². The molecule has 0 fully saturated rings. The van der Waals surface area contributed by atoms with Crippen molar-refractivity contribution in [3.8, 4) is 33.1 Å². The van der Waals surface area contributed by atoms with E-state index in [2.05, 4.69) is 25.3 Å². The standard InChI is InChI=1S/C30H23N7O3S/c31-27(39)22-7-6-19(29-33-10-11-41-29)13-23(22)24-16-35-28(18-4-2-1-3-5-18)37(30(24)40)17-26(38)34-15-21-12-20-14-32-9-8-25(20)36-21/h1-14,16,36H,15,17H2,(H2,31,39)(H,34,38). The summed E-state index contributed by atoms with van der Waals surface area (Å²) < 4.78 is 1.32. The van der Waals surface area contributed by atoms with Gasteiger partial charge in [0.1, 0.15) is 17.4 Å². The fraction of sp³-hybridized carbons (Fsp3) is 0.0667. The molecule has 0 aliphatic heterocycles. The highest BCUT2D eigenvalue weighted by Crippen LogP contribution is 2.30. The summed E-state index contributed by atoms with van der Waals surface area (Å²) in [6, 6.07) is 17.9. The van der Waals surface area contributed by atoms with E-state index in [1.54, 1.807) is 36.8 Å². The molecule has 2 amide bonds. The van der Waals surface area contributed by atoms with E-state index in [4.69, 9.17) is 5.73 Å². The zero-order chi connectivity index (χ0) is 28.3. The van der Waals surface area contributed by atoms with Gasteiger partial charge in [0, 0.05) is 69.0 Å². The third kappa shape index (κ3) is 5.25. The monoisotopic (exact) mass is 561 g/mol. The van der Waals surface area contributed by atoms with E-state index in [0.29, 0.717) is 17.0 Å². The van der Waals surface area contributed by atoms with Gasteiger partial charge in [-0.2, -0.15) is 0 Å². The second kappa shape index (κ2) is 11.0. The molecule has 4 heterocycles. The quantitative estimate of drug-likeness (QED) is 0.256. The fourth-order valence-corrected chi connectivity index (χ4v) is 5.28. The number of aromatic amines is 1. The van der Waals surface area contributed by atoms with Gasteiger partial charge < -0.3 is 16.0 Å². The van der Waals surface area contributed by atoms with E-state index >= 15 is 0 Å². The van der Waals surface area contributed by atoms with Gasteiger partial charge in [0.05, 0.1) is 12.1 Å². The van der Waals surface area contributed by atoms with Gasteiger partial charge in [0.15, 0.2) is 0 Å². The second-order valence-electron chi connectivity index (χ2n) is 9.25. The van der Waals surface area contributed by atoms with Crippen LogP contribution in [0, 0.1) is 0 Å². The maximum Gasteiger partial charge on any atom is 0.262 e. The molecule has 0 radical (unpaired) electrons.